The molecule has 7 heteroatoms. The summed E-state index contributed by atoms with van der Waals surface area (Å²) in [6.45, 7) is 1.93. The monoisotopic (exact) mass is 503 g/mol. The summed E-state index contributed by atoms with van der Waals surface area (Å²) in [5, 5.41) is 4.12. The van der Waals surface area contributed by atoms with Crippen LogP contribution in [0.1, 0.15) is 29.0 Å². The van der Waals surface area contributed by atoms with E-state index in [4.69, 9.17) is 9.47 Å². The highest BCUT2D eigenvalue weighted by atomic mass is 19.1. The highest BCUT2D eigenvalue weighted by Gasteiger charge is 2.24. The first-order valence-corrected chi connectivity index (χ1v) is 12.3. The smallest absolute Gasteiger partial charge is 0.220 e. The van der Waals surface area contributed by atoms with Crippen molar-refractivity contribution in [2.45, 2.75) is 18.9 Å². The van der Waals surface area contributed by atoms with Gasteiger partial charge >= 0.3 is 0 Å². The molecule has 1 amide bonds. The average molecular weight is 504 g/mol. The van der Waals surface area contributed by atoms with Crippen molar-refractivity contribution in [3.8, 4) is 11.5 Å². The summed E-state index contributed by atoms with van der Waals surface area (Å²) in [6, 6.07) is 20.5. The molecule has 1 heterocycles. The van der Waals surface area contributed by atoms with E-state index in [1.807, 2.05) is 49.3 Å². The zero-order valence-corrected chi connectivity index (χ0v) is 21.8. The van der Waals surface area contributed by atoms with Gasteiger partial charge in [0.05, 0.1) is 14.2 Å². The molecule has 3 aromatic carbocycles. The molecule has 37 heavy (non-hydrogen) atoms. The molecule has 0 saturated heterocycles. The third kappa shape index (κ3) is 6.49. The predicted octanol–water partition coefficient (Wildman–Crippen LogP) is 5.05. The number of carbonyl (C=O) groups excluding carboxylic acids is 1. The topological polar surface area (TPSA) is 55.7 Å². The Labute approximate surface area is 217 Å². The minimum absolute atomic E-state index is 0.0241. The fourth-order valence-electron chi connectivity index (χ4n) is 4.58. The van der Waals surface area contributed by atoms with Crippen LogP contribution in [0.3, 0.4) is 0 Å². The van der Waals surface area contributed by atoms with Gasteiger partial charge in [-0.1, -0.05) is 30.3 Å². The quantitative estimate of drug-likeness (QED) is 0.311. The van der Waals surface area contributed by atoms with Crippen LogP contribution in [0.4, 0.5) is 4.39 Å². The molecule has 1 aromatic heterocycles. The maximum Gasteiger partial charge on any atom is 0.220 e. The first kappa shape index (κ1) is 26.2. The second kappa shape index (κ2) is 11.9. The lowest BCUT2D eigenvalue weighted by Gasteiger charge is -2.19. The van der Waals surface area contributed by atoms with Crippen molar-refractivity contribution in [3.63, 3.8) is 0 Å². The number of rotatable bonds is 11. The number of hydrogen-bond donors (Lipinski definition) is 1. The van der Waals surface area contributed by atoms with Crippen LogP contribution < -0.4 is 14.8 Å². The molecule has 0 aliphatic heterocycles. The maximum absolute atomic E-state index is 13.5. The number of fused-ring (bicyclic) bond motifs is 1. The Morgan fingerprint density at radius 3 is 2.32 bits per heavy atom. The average Bonchev–Trinajstić information content (AvgIpc) is 3.26. The summed E-state index contributed by atoms with van der Waals surface area (Å²) in [5.74, 6) is 0.825. The zero-order valence-electron chi connectivity index (χ0n) is 21.8. The van der Waals surface area contributed by atoms with Crippen molar-refractivity contribution in [3.05, 3.63) is 95.4 Å². The number of likely N-dealkylation sites (N-methyl/N-ethyl adjacent to an activating group) is 1. The summed E-state index contributed by atoms with van der Waals surface area (Å²) in [6.07, 6.45) is 2.38. The van der Waals surface area contributed by atoms with Crippen LogP contribution in [0.25, 0.3) is 10.9 Å². The fourth-order valence-corrected chi connectivity index (χ4v) is 4.58. The standard InChI is InChI=1S/C30H34FN3O3/c1-33(2)14-13-32-30(35)18-27(22-15-24(36-3)17-25(16-22)37-4)28-20-34(29-8-6-5-7-26(28)29)19-21-9-11-23(31)12-10-21/h5-12,15-17,20,27H,13-14,18-19H2,1-4H3,(H,32,35)/t27-/m0/s1. The first-order chi connectivity index (χ1) is 17.9. The number of ether oxygens (including phenoxy) is 2. The van der Waals surface area contributed by atoms with Gasteiger partial charge in [0.2, 0.25) is 5.91 Å². The van der Waals surface area contributed by atoms with Gasteiger partial charge in [0.25, 0.3) is 0 Å². The molecule has 1 N–H and O–H groups in total. The Hall–Kier alpha value is -3.84. The third-order valence-corrected chi connectivity index (χ3v) is 6.51. The van der Waals surface area contributed by atoms with E-state index in [2.05, 4.69) is 28.2 Å². The normalized spacial score (nSPS) is 12.1. The largest absolute Gasteiger partial charge is 0.497 e. The van der Waals surface area contributed by atoms with E-state index in [1.165, 1.54) is 12.1 Å². The van der Waals surface area contributed by atoms with Crippen LogP contribution in [0.2, 0.25) is 0 Å². The molecule has 0 aliphatic carbocycles. The molecule has 0 aliphatic rings. The van der Waals surface area contributed by atoms with Crippen LogP contribution in [-0.4, -0.2) is 56.8 Å². The SMILES string of the molecule is COc1cc(OC)cc([C@H](CC(=O)NCCN(C)C)c2cn(Cc3ccc(F)cc3)c3ccccc23)c1. The van der Waals surface area contributed by atoms with E-state index in [9.17, 15) is 9.18 Å². The summed E-state index contributed by atoms with van der Waals surface area (Å²) >= 11 is 0. The number of carbonyl (C=O) groups is 1. The molecule has 0 bridgehead atoms. The van der Waals surface area contributed by atoms with Gasteiger partial charge in [-0.05, 0) is 61.1 Å². The van der Waals surface area contributed by atoms with Crippen molar-refractivity contribution >= 4 is 16.8 Å². The highest BCUT2D eigenvalue weighted by Crippen LogP contribution is 2.38. The third-order valence-electron chi connectivity index (χ3n) is 6.51. The summed E-state index contributed by atoms with van der Waals surface area (Å²) in [5.41, 5.74) is 4.02. The van der Waals surface area contributed by atoms with Crippen molar-refractivity contribution in [2.24, 2.45) is 0 Å². The van der Waals surface area contributed by atoms with Gasteiger partial charge in [0.15, 0.2) is 0 Å². The Bertz CT molecular complexity index is 1330. The molecule has 194 valence electrons. The highest BCUT2D eigenvalue weighted by molar-refractivity contribution is 5.87. The van der Waals surface area contributed by atoms with Gasteiger partial charge in [-0.25, -0.2) is 4.39 Å². The number of benzene rings is 3. The second-order valence-electron chi connectivity index (χ2n) is 9.41. The lowest BCUT2D eigenvalue weighted by Crippen LogP contribution is -2.32. The van der Waals surface area contributed by atoms with Crippen LogP contribution in [0.5, 0.6) is 11.5 Å². The van der Waals surface area contributed by atoms with E-state index in [0.29, 0.717) is 24.6 Å². The van der Waals surface area contributed by atoms with E-state index < -0.39 is 0 Å². The molecular formula is C30H34FN3O3. The van der Waals surface area contributed by atoms with Gasteiger partial charge in [0.1, 0.15) is 17.3 Å². The van der Waals surface area contributed by atoms with Crippen molar-refractivity contribution in [2.75, 3.05) is 41.4 Å². The second-order valence-corrected chi connectivity index (χ2v) is 9.41. The van der Waals surface area contributed by atoms with Gasteiger partial charge < -0.3 is 24.3 Å². The lowest BCUT2D eigenvalue weighted by atomic mass is 9.87. The molecule has 0 radical (unpaired) electrons. The first-order valence-electron chi connectivity index (χ1n) is 12.3. The molecule has 1 atom stereocenters. The van der Waals surface area contributed by atoms with Gasteiger partial charge in [-0.3, -0.25) is 4.79 Å². The van der Waals surface area contributed by atoms with Crippen molar-refractivity contribution in [1.29, 1.82) is 0 Å². The minimum Gasteiger partial charge on any atom is -0.497 e. The van der Waals surface area contributed by atoms with Gasteiger partial charge in [-0.15, -0.1) is 0 Å². The van der Waals surface area contributed by atoms with Crippen LogP contribution in [0.15, 0.2) is 72.9 Å². The Balaban J connectivity index is 1.77. The number of amides is 1. The Kier molecular flexibility index (Phi) is 8.46. The number of nitrogens with zero attached hydrogens (tertiary/aromatic N) is 2. The van der Waals surface area contributed by atoms with E-state index in [1.54, 1.807) is 26.4 Å². The molecule has 0 unspecified atom stereocenters. The molecule has 0 spiro atoms. The zero-order chi connectivity index (χ0) is 26.4. The molecule has 4 aromatic rings. The molecule has 4 rings (SSSR count). The minimum atomic E-state index is -0.255. The van der Waals surface area contributed by atoms with Gasteiger partial charge in [0, 0.05) is 55.1 Å². The van der Waals surface area contributed by atoms with E-state index in [0.717, 1.165) is 34.1 Å². The summed E-state index contributed by atoms with van der Waals surface area (Å²) < 4.78 is 26.7. The number of aromatic nitrogens is 1. The number of para-hydroxylation sites is 1. The van der Waals surface area contributed by atoms with Crippen molar-refractivity contribution < 1.29 is 18.7 Å². The Morgan fingerprint density at radius 2 is 1.68 bits per heavy atom. The maximum atomic E-state index is 13.5. The number of hydrogen-bond acceptors (Lipinski definition) is 4. The van der Waals surface area contributed by atoms with Crippen LogP contribution in [-0.2, 0) is 11.3 Å². The van der Waals surface area contributed by atoms with E-state index >= 15 is 0 Å². The van der Waals surface area contributed by atoms with E-state index in [-0.39, 0.29) is 24.1 Å². The van der Waals surface area contributed by atoms with Crippen LogP contribution in [0, 0.1) is 5.82 Å². The lowest BCUT2D eigenvalue weighted by molar-refractivity contribution is -0.121. The molecule has 6 nitrogen and oxygen atoms in total. The van der Waals surface area contributed by atoms with Crippen LogP contribution >= 0.6 is 0 Å². The number of methoxy groups -OCH3 is 2. The molecular weight excluding hydrogens is 469 g/mol. The predicted molar refractivity (Wildman–Crippen MR) is 145 cm³/mol. The fraction of sp³-hybridized carbons (Fsp3) is 0.300. The molecule has 0 saturated carbocycles. The number of halogens is 1. The summed E-state index contributed by atoms with van der Waals surface area (Å²) in [7, 11) is 7.20. The summed E-state index contributed by atoms with van der Waals surface area (Å²) in [4.78, 5) is 15.2. The number of nitrogens with one attached hydrogen (secondary N) is 1. The Morgan fingerprint density at radius 1 is 1.00 bits per heavy atom. The van der Waals surface area contributed by atoms with Gasteiger partial charge in [-0.2, -0.15) is 0 Å². The van der Waals surface area contributed by atoms with Crippen molar-refractivity contribution in [1.82, 2.24) is 14.8 Å². The molecule has 0 fully saturated rings.